The maximum absolute atomic E-state index is 5.62. The van der Waals surface area contributed by atoms with E-state index in [1.54, 1.807) is 0 Å². The number of hydrogen-bond acceptors (Lipinski definition) is 1. The van der Waals surface area contributed by atoms with Gasteiger partial charge in [-0.3, -0.25) is 0 Å². The van der Waals surface area contributed by atoms with Crippen molar-refractivity contribution in [3.8, 4) is 0 Å². The van der Waals surface area contributed by atoms with E-state index in [1.807, 2.05) is 0 Å². The van der Waals surface area contributed by atoms with Crippen molar-refractivity contribution in [3.05, 3.63) is 32.9 Å². The van der Waals surface area contributed by atoms with Crippen LogP contribution in [-0.4, -0.2) is 6.61 Å². The van der Waals surface area contributed by atoms with E-state index in [-0.39, 0.29) is 0 Å². The van der Waals surface area contributed by atoms with Gasteiger partial charge in [0.2, 0.25) is 0 Å². The van der Waals surface area contributed by atoms with Crippen LogP contribution in [-0.2, 0) is 11.3 Å². The van der Waals surface area contributed by atoms with Crippen LogP contribution in [0.4, 0.5) is 0 Å². The summed E-state index contributed by atoms with van der Waals surface area (Å²) in [5, 5.41) is 0. The third-order valence-corrected chi connectivity index (χ3v) is 3.54. The van der Waals surface area contributed by atoms with Crippen LogP contribution in [0.15, 0.2) is 18.2 Å². The van der Waals surface area contributed by atoms with Crippen molar-refractivity contribution in [1.82, 2.24) is 0 Å². The molecule has 0 amide bonds. The number of benzene rings is 1. The minimum absolute atomic E-state index is 0.579. The molecule has 0 saturated heterocycles. The Hall–Kier alpha value is -0.0900. The number of fused-ring (bicyclic) bond motifs is 1. The van der Waals surface area contributed by atoms with Gasteiger partial charge in [-0.2, -0.15) is 0 Å². The highest BCUT2D eigenvalue weighted by molar-refractivity contribution is 14.1. The quantitative estimate of drug-likeness (QED) is 0.721. The molecule has 0 spiro atoms. The van der Waals surface area contributed by atoms with Crippen LogP contribution in [0.5, 0.6) is 0 Å². The monoisotopic (exact) mass is 302 g/mol. The van der Waals surface area contributed by atoms with Crippen LogP contribution < -0.4 is 0 Å². The second kappa shape index (κ2) is 4.19. The van der Waals surface area contributed by atoms with Crippen molar-refractivity contribution in [3.63, 3.8) is 0 Å². The minimum atomic E-state index is 0.579. The lowest BCUT2D eigenvalue weighted by atomic mass is 9.85. The predicted molar refractivity (Wildman–Crippen MR) is 66.4 cm³/mol. The highest BCUT2D eigenvalue weighted by Gasteiger charge is 2.23. The number of hydrogen-bond donors (Lipinski definition) is 0. The lowest BCUT2D eigenvalue weighted by Crippen LogP contribution is -2.20. The Kier molecular flexibility index (Phi) is 3.12. The standard InChI is InChI=1S/C12H15IO/c1-8(2)12-7-14-6-9-5-10(13)3-4-11(9)12/h3-5,8,12H,6-7H2,1-2H3/t12-/m1/s1. The van der Waals surface area contributed by atoms with Gasteiger partial charge in [0, 0.05) is 9.49 Å². The van der Waals surface area contributed by atoms with Crippen LogP contribution in [0.25, 0.3) is 0 Å². The molecule has 1 nitrogen and oxygen atoms in total. The summed E-state index contributed by atoms with van der Waals surface area (Å²) < 4.78 is 6.92. The zero-order chi connectivity index (χ0) is 10.1. The Morgan fingerprint density at radius 1 is 1.43 bits per heavy atom. The number of rotatable bonds is 1. The predicted octanol–water partition coefficient (Wildman–Crippen LogP) is 3.56. The Bertz CT molecular complexity index is 333. The second-order valence-electron chi connectivity index (χ2n) is 4.21. The molecule has 1 heterocycles. The number of halogens is 1. The SMILES string of the molecule is CC(C)[C@H]1COCc2cc(I)ccc21. The van der Waals surface area contributed by atoms with Crippen molar-refractivity contribution >= 4 is 22.6 Å². The third kappa shape index (κ3) is 1.96. The van der Waals surface area contributed by atoms with E-state index in [4.69, 9.17) is 4.74 Å². The second-order valence-corrected chi connectivity index (χ2v) is 5.45. The highest BCUT2D eigenvalue weighted by atomic mass is 127. The van der Waals surface area contributed by atoms with Gasteiger partial charge in [0.25, 0.3) is 0 Å². The lowest BCUT2D eigenvalue weighted by Gasteiger charge is -2.28. The summed E-state index contributed by atoms with van der Waals surface area (Å²) >= 11 is 2.35. The van der Waals surface area contributed by atoms with Gasteiger partial charge in [-0.15, -0.1) is 0 Å². The fourth-order valence-electron chi connectivity index (χ4n) is 2.00. The van der Waals surface area contributed by atoms with Gasteiger partial charge in [0.15, 0.2) is 0 Å². The third-order valence-electron chi connectivity index (χ3n) is 2.86. The summed E-state index contributed by atoms with van der Waals surface area (Å²) in [6.07, 6.45) is 0. The molecule has 2 heteroatoms. The first-order valence-corrected chi connectivity index (χ1v) is 6.12. The van der Waals surface area contributed by atoms with Crippen molar-refractivity contribution in [2.75, 3.05) is 6.61 Å². The average molecular weight is 302 g/mol. The van der Waals surface area contributed by atoms with Gasteiger partial charge in [0.05, 0.1) is 13.2 Å². The zero-order valence-electron chi connectivity index (χ0n) is 8.59. The Morgan fingerprint density at radius 2 is 2.21 bits per heavy atom. The molecule has 0 aromatic heterocycles. The molecule has 0 aliphatic carbocycles. The average Bonchev–Trinajstić information content (AvgIpc) is 2.16. The maximum atomic E-state index is 5.62. The Balaban J connectivity index is 2.40. The van der Waals surface area contributed by atoms with Crippen molar-refractivity contribution in [2.24, 2.45) is 5.92 Å². The maximum Gasteiger partial charge on any atom is 0.0720 e. The molecule has 0 N–H and O–H groups in total. The van der Waals surface area contributed by atoms with E-state index in [2.05, 4.69) is 54.6 Å². The largest absolute Gasteiger partial charge is 0.376 e. The molecule has 1 aromatic rings. The zero-order valence-corrected chi connectivity index (χ0v) is 10.7. The summed E-state index contributed by atoms with van der Waals surface area (Å²) in [6.45, 7) is 6.20. The van der Waals surface area contributed by atoms with E-state index in [0.717, 1.165) is 13.2 Å². The van der Waals surface area contributed by atoms with Crippen LogP contribution in [0.3, 0.4) is 0 Å². The van der Waals surface area contributed by atoms with Crippen molar-refractivity contribution in [1.29, 1.82) is 0 Å². The highest BCUT2D eigenvalue weighted by Crippen LogP contribution is 2.32. The van der Waals surface area contributed by atoms with E-state index in [9.17, 15) is 0 Å². The van der Waals surface area contributed by atoms with E-state index < -0.39 is 0 Å². The smallest absolute Gasteiger partial charge is 0.0720 e. The van der Waals surface area contributed by atoms with E-state index in [1.165, 1.54) is 14.7 Å². The molecule has 1 aliphatic rings. The first-order chi connectivity index (χ1) is 6.68. The fraction of sp³-hybridized carbons (Fsp3) is 0.500. The molecule has 0 fully saturated rings. The fourth-order valence-corrected chi connectivity index (χ4v) is 2.55. The molecule has 0 radical (unpaired) electrons. The van der Waals surface area contributed by atoms with Gasteiger partial charge >= 0.3 is 0 Å². The van der Waals surface area contributed by atoms with Gasteiger partial charge in [-0.1, -0.05) is 19.9 Å². The molecule has 0 saturated carbocycles. The summed E-state index contributed by atoms with van der Waals surface area (Å²) in [7, 11) is 0. The van der Waals surface area contributed by atoms with Crippen molar-refractivity contribution < 1.29 is 4.74 Å². The summed E-state index contributed by atoms with van der Waals surface area (Å²) in [5.41, 5.74) is 2.87. The van der Waals surface area contributed by atoms with Crippen LogP contribution in [0, 0.1) is 9.49 Å². The summed E-state index contributed by atoms with van der Waals surface area (Å²) in [6, 6.07) is 6.70. The normalized spacial score (nSPS) is 21.0. The van der Waals surface area contributed by atoms with Crippen LogP contribution in [0.1, 0.15) is 30.9 Å². The lowest BCUT2D eigenvalue weighted by molar-refractivity contribution is 0.0792. The van der Waals surface area contributed by atoms with Gasteiger partial charge in [0.1, 0.15) is 0 Å². The van der Waals surface area contributed by atoms with Crippen LogP contribution >= 0.6 is 22.6 Å². The molecule has 76 valence electrons. The first kappa shape index (κ1) is 10.4. The van der Waals surface area contributed by atoms with E-state index >= 15 is 0 Å². The summed E-state index contributed by atoms with van der Waals surface area (Å²) in [4.78, 5) is 0. The Labute approximate surface area is 99.0 Å². The minimum Gasteiger partial charge on any atom is -0.376 e. The molecule has 0 unspecified atom stereocenters. The van der Waals surface area contributed by atoms with Gasteiger partial charge in [-0.05, 0) is 51.8 Å². The first-order valence-electron chi connectivity index (χ1n) is 5.04. The molecular weight excluding hydrogens is 287 g/mol. The van der Waals surface area contributed by atoms with Crippen molar-refractivity contribution in [2.45, 2.75) is 26.4 Å². The Morgan fingerprint density at radius 3 is 2.93 bits per heavy atom. The molecular formula is C12H15IO. The molecule has 2 rings (SSSR count). The van der Waals surface area contributed by atoms with Gasteiger partial charge in [-0.25, -0.2) is 0 Å². The van der Waals surface area contributed by atoms with E-state index in [0.29, 0.717) is 11.8 Å². The van der Waals surface area contributed by atoms with Crippen LogP contribution in [0.2, 0.25) is 0 Å². The number of ether oxygens (including phenoxy) is 1. The van der Waals surface area contributed by atoms with Gasteiger partial charge < -0.3 is 4.74 Å². The molecule has 1 aromatic carbocycles. The molecule has 1 atom stereocenters. The summed E-state index contributed by atoms with van der Waals surface area (Å²) in [5.74, 6) is 1.24. The molecule has 14 heavy (non-hydrogen) atoms. The molecule has 1 aliphatic heterocycles. The molecule has 0 bridgehead atoms. The topological polar surface area (TPSA) is 9.23 Å².